The number of halogens is 2. The van der Waals surface area contributed by atoms with Crippen LogP contribution >= 0.6 is 15.9 Å². The molecule has 2 aromatic carbocycles. The van der Waals surface area contributed by atoms with Crippen LogP contribution in [0.15, 0.2) is 27.5 Å². The van der Waals surface area contributed by atoms with Crippen LogP contribution in [-0.4, -0.2) is 56.6 Å². The van der Waals surface area contributed by atoms with E-state index in [-0.39, 0.29) is 22.4 Å². The predicted molar refractivity (Wildman–Crippen MR) is 123 cm³/mol. The van der Waals surface area contributed by atoms with Gasteiger partial charge in [-0.05, 0) is 44.1 Å². The quantitative estimate of drug-likeness (QED) is 0.181. The molecule has 0 saturated carbocycles. The first-order chi connectivity index (χ1) is 16.1. The van der Waals surface area contributed by atoms with Gasteiger partial charge in [0.15, 0.2) is 11.5 Å². The first kappa shape index (κ1) is 24.0. The van der Waals surface area contributed by atoms with Crippen LogP contribution in [0.3, 0.4) is 0 Å². The Balaban J connectivity index is 1.85. The Morgan fingerprint density at radius 2 is 1.91 bits per heavy atom. The fourth-order valence-corrected chi connectivity index (χ4v) is 4.18. The lowest BCUT2D eigenvalue weighted by atomic mass is 9.95. The van der Waals surface area contributed by atoms with E-state index in [0.29, 0.717) is 30.4 Å². The molecular formula is C21H22BrFN4O7. The van der Waals surface area contributed by atoms with Crippen molar-refractivity contribution >= 4 is 38.3 Å². The zero-order chi connectivity index (χ0) is 24.6. The third-order valence-corrected chi connectivity index (χ3v) is 6.05. The molecule has 0 atom stereocenters. The van der Waals surface area contributed by atoms with E-state index in [1.54, 1.807) is 6.07 Å². The highest BCUT2D eigenvalue weighted by atomic mass is 79.9. The largest absolute Gasteiger partial charge is 0.504 e. The van der Waals surface area contributed by atoms with Crippen molar-refractivity contribution < 1.29 is 34.3 Å². The standard InChI is InChI=1S/C21H22BrFN4O7/c1-33-17-15(28)13-14(16(29)18(17)34-21(31,32)9-4-6-24-7-5-9)26-20(30)27-19(13)25-12-3-2-10(22)8-11(12)23/h2-3,8-9,24,28-29,31-32H,4-7H2,1H3,(H2,25,26,27,30). The summed E-state index contributed by atoms with van der Waals surface area (Å²) in [6.07, 6.45) is 0.756. The number of methoxy groups -OCH3 is 1. The lowest BCUT2D eigenvalue weighted by Crippen LogP contribution is -2.48. The Kier molecular flexibility index (Phi) is 6.53. The molecular weight excluding hydrogens is 519 g/mol. The maximum Gasteiger partial charge on any atom is 0.347 e. The van der Waals surface area contributed by atoms with Gasteiger partial charge in [0.2, 0.25) is 11.5 Å². The molecule has 0 bridgehead atoms. The average molecular weight is 541 g/mol. The second-order valence-corrected chi connectivity index (χ2v) is 8.65. The van der Waals surface area contributed by atoms with E-state index in [2.05, 4.69) is 36.5 Å². The number of nitrogens with one attached hydrogen (secondary N) is 3. The minimum atomic E-state index is -2.71. The predicted octanol–water partition coefficient (Wildman–Crippen LogP) is 2.00. The molecule has 1 aliphatic rings. The zero-order valence-electron chi connectivity index (χ0n) is 17.9. The maximum absolute atomic E-state index is 14.4. The van der Waals surface area contributed by atoms with Crippen LogP contribution in [0.5, 0.6) is 23.0 Å². The number of phenols is 2. The number of rotatable bonds is 6. The van der Waals surface area contributed by atoms with Crippen LogP contribution in [0.1, 0.15) is 12.8 Å². The number of anilines is 2. The van der Waals surface area contributed by atoms with Crippen molar-refractivity contribution in [2.75, 3.05) is 25.5 Å². The van der Waals surface area contributed by atoms with E-state index in [4.69, 9.17) is 9.47 Å². The topological polar surface area (TPSA) is 169 Å². The lowest BCUT2D eigenvalue weighted by molar-refractivity contribution is -0.327. The van der Waals surface area contributed by atoms with Gasteiger partial charge in [-0.1, -0.05) is 15.9 Å². The van der Waals surface area contributed by atoms with Crippen LogP contribution in [-0.2, 0) is 0 Å². The molecule has 34 heavy (non-hydrogen) atoms. The van der Waals surface area contributed by atoms with E-state index < -0.39 is 46.4 Å². The molecule has 1 aliphatic heterocycles. The molecule has 182 valence electrons. The summed E-state index contributed by atoms with van der Waals surface area (Å²) in [6, 6.07) is 4.11. The maximum atomic E-state index is 14.4. The smallest absolute Gasteiger partial charge is 0.347 e. The Hall–Kier alpha value is -3.13. The zero-order valence-corrected chi connectivity index (χ0v) is 19.4. The molecule has 4 rings (SSSR count). The summed E-state index contributed by atoms with van der Waals surface area (Å²) in [5, 5.41) is 48.5. The van der Waals surface area contributed by atoms with Gasteiger partial charge < -0.3 is 45.5 Å². The molecule has 1 fully saturated rings. The molecule has 11 nitrogen and oxygen atoms in total. The van der Waals surface area contributed by atoms with Crippen molar-refractivity contribution in [2.24, 2.45) is 5.92 Å². The number of ether oxygens (including phenoxy) is 2. The number of piperidine rings is 1. The molecule has 1 aromatic heterocycles. The van der Waals surface area contributed by atoms with Crippen molar-refractivity contribution in [1.29, 1.82) is 0 Å². The van der Waals surface area contributed by atoms with Crippen molar-refractivity contribution in [3.63, 3.8) is 0 Å². The van der Waals surface area contributed by atoms with Gasteiger partial charge in [0.1, 0.15) is 17.2 Å². The van der Waals surface area contributed by atoms with Gasteiger partial charge in [-0.25, -0.2) is 9.18 Å². The first-order valence-corrected chi connectivity index (χ1v) is 11.0. The summed E-state index contributed by atoms with van der Waals surface area (Å²) in [4.78, 5) is 18.2. The van der Waals surface area contributed by atoms with Crippen molar-refractivity contribution in [3.8, 4) is 23.0 Å². The van der Waals surface area contributed by atoms with Gasteiger partial charge in [0, 0.05) is 4.47 Å². The average Bonchev–Trinajstić information content (AvgIpc) is 2.79. The van der Waals surface area contributed by atoms with Crippen molar-refractivity contribution in [2.45, 2.75) is 18.8 Å². The normalized spacial score (nSPS) is 14.9. The van der Waals surface area contributed by atoms with E-state index in [9.17, 15) is 29.6 Å². The number of phenolic OH excluding ortho intramolecular Hbond substituents is 2. The number of aliphatic hydroxyl groups is 2. The Labute approximate surface area is 200 Å². The third kappa shape index (κ3) is 4.46. The second-order valence-electron chi connectivity index (χ2n) is 7.73. The van der Waals surface area contributed by atoms with Crippen LogP contribution in [0.4, 0.5) is 15.9 Å². The van der Waals surface area contributed by atoms with Crippen LogP contribution in [0, 0.1) is 11.7 Å². The summed E-state index contributed by atoms with van der Waals surface area (Å²) in [5.74, 6) is -6.80. The molecule has 2 heterocycles. The van der Waals surface area contributed by atoms with Crippen LogP contribution < -0.4 is 25.8 Å². The summed E-state index contributed by atoms with van der Waals surface area (Å²) in [7, 11) is 1.16. The van der Waals surface area contributed by atoms with Crippen LogP contribution in [0.2, 0.25) is 0 Å². The first-order valence-electron chi connectivity index (χ1n) is 10.2. The van der Waals surface area contributed by atoms with Gasteiger partial charge in [-0.2, -0.15) is 4.98 Å². The van der Waals surface area contributed by atoms with Gasteiger partial charge in [-0.3, -0.25) is 0 Å². The minimum absolute atomic E-state index is 0.0589. The van der Waals surface area contributed by atoms with Crippen molar-refractivity contribution in [1.82, 2.24) is 15.3 Å². The van der Waals surface area contributed by atoms with Crippen molar-refractivity contribution in [3.05, 3.63) is 39.0 Å². The Morgan fingerprint density at radius 1 is 1.21 bits per heavy atom. The monoisotopic (exact) mass is 540 g/mol. The molecule has 3 aromatic rings. The number of aromatic nitrogens is 2. The number of H-pyrrole nitrogens is 1. The summed E-state index contributed by atoms with van der Waals surface area (Å²) in [5.41, 5.74) is -1.33. The molecule has 0 aliphatic carbocycles. The van der Waals surface area contributed by atoms with Gasteiger partial charge >= 0.3 is 11.7 Å². The molecule has 0 radical (unpaired) electrons. The van der Waals surface area contributed by atoms with Gasteiger partial charge in [0.25, 0.3) is 0 Å². The molecule has 0 spiro atoms. The fraction of sp³-hybridized carbons (Fsp3) is 0.333. The van der Waals surface area contributed by atoms with E-state index in [0.717, 1.165) is 7.11 Å². The SMILES string of the molecule is COc1c(OC(O)(O)C2CCNCC2)c(O)c2[nH]c(=O)nc(Nc3ccc(Br)cc3F)c2c1O. The summed E-state index contributed by atoms with van der Waals surface area (Å²) < 4.78 is 25.4. The highest BCUT2D eigenvalue weighted by Crippen LogP contribution is 2.52. The van der Waals surface area contributed by atoms with E-state index in [1.165, 1.54) is 12.1 Å². The number of hydrogen-bond donors (Lipinski definition) is 7. The highest BCUT2D eigenvalue weighted by molar-refractivity contribution is 9.10. The molecule has 0 unspecified atom stereocenters. The molecule has 0 amide bonds. The van der Waals surface area contributed by atoms with E-state index in [1.807, 2.05) is 0 Å². The van der Waals surface area contributed by atoms with Crippen LogP contribution in [0.25, 0.3) is 10.9 Å². The van der Waals surface area contributed by atoms with E-state index >= 15 is 0 Å². The van der Waals surface area contributed by atoms with Gasteiger partial charge in [-0.15, -0.1) is 0 Å². The number of fused-ring (bicyclic) bond motifs is 1. The third-order valence-electron chi connectivity index (χ3n) is 5.55. The summed E-state index contributed by atoms with van der Waals surface area (Å²) >= 11 is 3.15. The number of hydrogen-bond acceptors (Lipinski definition) is 10. The second kappa shape index (κ2) is 9.25. The Morgan fingerprint density at radius 3 is 2.56 bits per heavy atom. The molecule has 13 heteroatoms. The fourth-order valence-electron chi connectivity index (χ4n) is 3.85. The highest BCUT2D eigenvalue weighted by Gasteiger charge is 2.40. The molecule has 7 N–H and O–H groups in total. The number of benzene rings is 2. The minimum Gasteiger partial charge on any atom is -0.504 e. The number of aromatic hydroxyl groups is 2. The number of nitrogens with zero attached hydrogens (tertiary/aromatic N) is 1. The van der Waals surface area contributed by atoms with Gasteiger partial charge in [0.05, 0.1) is 24.1 Å². The number of aromatic amines is 1. The Bertz CT molecular complexity index is 1290. The summed E-state index contributed by atoms with van der Waals surface area (Å²) in [6.45, 7) is 1.06. The molecule has 1 saturated heterocycles. The lowest BCUT2D eigenvalue weighted by Gasteiger charge is -2.34.